The summed E-state index contributed by atoms with van der Waals surface area (Å²) < 4.78 is 40.7. The Morgan fingerprint density at radius 3 is 2.62 bits per heavy atom. The molecule has 0 aliphatic carbocycles. The monoisotopic (exact) mass is 194 g/mol. The highest BCUT2D eigenvalue weighted by Gasteiger charge is 2.36. The molecule has 0 aliphatic rings. The van der Waals surface area contributed by atoms with Gasteiger partial charge in [-0.15, -0.1) is 0 Å². The minimum Gasteiger partial charge on any atom is -0.381 e. The van der Waals surface area contributed by atoms with Crippen molar-refractivity contribution >= 4 is 5.82 Å². The lowest BCUT2D eigenvalue weighted by Crippen LogP contribution is -2.21. The molecule has 1 unspecified atom stereocenters. The van der Waals surface area contributed by atoms with Crippen LogP contribution in [0.2, 0.25) is 0 Å². The molecule has 0 aromatic carbocycles. The van der Waals surface area contributed by atoms with Crippen molar-refractivity contribution in [2.24, 2.45) is 5.92 Å². The van der Waals surface area contributed by atoms with Crippen molar-refractivity contribution in [1.29, 1.82) is 0 Å². The Morgan fingerprint density at radius 1 is 1.62 bits per heavy atom. The van der Waals surface area contributed by atoms with E-state index in [9.17, 15) is 13.2 Å². The van der Waals surface area contributed by atoms with Gasteiger partial charge in [0.2, 0.25) is 0 Å². The van der Waals surface area contributed by atoms with E-state index in [0.29, 0.717) is 0 Å². The van der Waals surface area contributed by atoms with Gasteiger partial charge in [0.25, 0.3) is 0 Å². The smallest absolute Gasteiger partial charge is 0.381 e. The van der Waals surface area contributed by atoms with Crippen molar-refractivity contribution in [3.05, 3.63) is 11.8 Å². The van der Waals surface area contributed by atoms with E-state index in [4.69, 9.17) is 5.73 Å². The number of nitrogens with two attached hydrogens (primary N) is 1. The lowest BCUT2D eigenvalue weighted by atomic mass is 10.1. The fourth-order valence-corrected chi connectivity index (χ4v) is 0.843. The molecular formula is C7H9F3N2O. The molecule has 6 heteroatoms. The molecule has 1 aromatic rings. The zero-order valence-electron chi connectivity index (χ0n) is 6.93. The van der Waals surface area contributed by atoms with Gasteiger partial charge in [-0.1, -0.05) is 12.1 Å². The van der Waals surface area contributed by atoms with Crippen LogP contribution in [0.4, 0.5) is 19.0 Å². The summed E-state index contributed by atoms with van der Waals surface area (Å²) >= 11 is 0. The Hall–Kier alpha value is -1.20. The molecule has 13 heavy (non-hydrogen) atoms. The van der Waals surface area contributed by atoms with Gasteiger partial charge in [-0.2, -0.15) is 13.2 Å². The summed E-state index contributed by atoms with van der Waals surface area (Å²) in [5, 5.41) is 3.29. The molecule has 3 nitrogen and oxygen atoms in total. The fourth-order valence-electron chi connectivity index (χ4n) is 0.843. The quantitative estimate of drug-likeness (QED) is 0.783. The Morgan fingerprint density at radius 2 is 2.23 bits per heavy atom. The van der Waals surface area contributed by atoms with Crippen LogP contribution in [0, 0.1) is 5.92 Å². The largest absolute Gasteiger partial charge is 0.391 e. The summed E-state index contributed by atoms with van der Waals surface area (Å²) in [6, 6.07) is 1.29. The van der Waals surface area contributed by atoms with Crippen molar-refractivity contribution in [3.8, 4) is 0 Å². The number of rotatable bonds is 2. The summed E-state index contributed by atoms with van der Waals surface area (Å²) in [6.45, 7) is 1.08. The average molecular weight is 194 g/mol. The topological polar surface area (TPSA) is 52.0 Å². The molecule has 74 valence electrons. The summed E-state index contributed by atoms with van der Waals surface area (Å²) in [5.74, 6) is -1.19. The number of halogens is 3. The van der Waals surface area contributed by atoms with Gasteiger partial charge in [-0.25, -0.2) is 0 Å². The van der Waals surface area contributed by atoms with Crippen molar-refractivity contribution in [2.45, 2.75) is 19.5 Å². The molecule has 0 saturated carbocycles. The number of hydrogen-bond donors (Lipinski definition) is 1. The van der Waals surface area contributed by atoms with Gasteiger partial charge in [0.1, 0.15) is 5.76 Å². The van der Waals surface area contributed by atoms with E-state index in [1.54, 1.807) is 0 Å². The third-order valence-electron chi connectivity index (χ3n) is 1.64. The zero-order chi connectivity index (χ0) is 10.1. The van der Waals surface area contributed by atoms with Crippen LogP contribution < -0.4 is 5.73 Å². The predicted octanol–water partition coefficient (Wildman–Crippen LogP) is 2.00. The Balaban J connectivity index is 2.60. The van der Waals surface area contributed by atoms with Gasteiger partial charge in [0, 0.05) is 12.5 Å². The maximum Gasteiger partial charge on any atom is 0.391 e. The van der Waals surface area contributed by atoms with Crippen molar-refractivity contribution < 1.29 is 17.7 Å². The molecule has 0 amide bonds. The van der Waals surface area contributed by atoms with Crippen LogP contribution >= 0.6 is 0 Å². The first kappa shape index (κ1) is 9.88. The van der Waals surface area contributed by atoms with E-state index in [1.807, 2.05) is 0 Å². The van der Waals surface area contributed by atoms with Crippen LogP contribution in [0.25, 0.3) is 0 Å². The SMILES string of the molecule is CC(Cc1cc(N)no1)C(F)(F)F. The van der Waals surface area contributed by atoms with E-state index >= 15 is 0 Å². The van der Waals surface area contributed by atoms with Gasteiger partial charge in [0.15, 0.2) is 5.82 Å². The standard InChI is InChI=1S/C7H9F3N2O/c1-4(7(8,9)10)2-5-3-6(11)12-13-5/h3-4H,2H2,1H3,(H2,11,12). The first-order valence-corrected chi connectivity index (χ1v) is 3.67. The third-order valence-corrected chi connectivity index (χ3v) is 1.64. The highest BCUT2D eigenvalue weighted by Crippen LogP contribution is 2.28. The van der Waals surface area contributed by atoms with E-state index in [-0.39, 0.29) is 18.0 Å². The lowest BCUT2D eigenvalue weighted by molar-refractivity contribution is -0.170. The first-order valence-electron chi connectivity index (χ1n) is 3.67. The molecular weight excluding hydrogens is 185 g/mol. The summed E-state index contributed by atoms with van der Waals surface area (Å²) in [4.78, 5) is 0. The van der Waals surface area contributed by atoms with E-state index in [1.165, 1.54) is 6.07 Å². The molecule has 0 bridgehead atoms. The van der Waals surface area contributed by atoms with Crippen LogP contribution in [0.15, 0.2) is 10.6 Å². The molecule has 0 fully saturated rings. The van der Waals surface area contributed by atoms with Gasteiger partial charge in [-0.05, 0) is 0 Å². The van der Waals surface area contributed by atoms with Crippen LogP contribution in [-0.4, -0.2) is 11.3 Å². The number of nitrogen functional groups attached to an aromatic ring is 1. The molecule has 1 heterocycles. The van der Waals surface area contributed by atoms with E-state index in [2.05, 4.69) is 9.68 Å². The molecule has 1 aromatic heterocycles. The second-order valence-corrected chi connectivity index (χ2v) is 2.86. The Labute approximate surface area is 72.7 Å². The van der Waals surface area contributed by atoms with E-state index < -0.39 is 12.1 Å². The Bertz CT molecular complexity index is 282. The normalized spacial score (nSPS) is 14.5. The first-order chi connectivity index (χ1) is 5.89. The second kappa shape index (κ2) is 3.27. The molecule has 0 aliphatic heterocycles. The highest BCUT2D eigenvalue weighted by molar-refractivity contribution is 5.26. The predicted molar refractivity (Wildman–Crippen MR) is 39.8 cm³/mol. The molecule has 0 radical (unpaired) electrons. The molecule has 1 rings (SSSR count). The molecule has 1 atom stereocenters. The van der Waals surface area contributed by atoms with Gasteiger partial charge >= 0.3 is 6.18 Å². The van der Waals surface area contributed by atoms with Gasteiger partial charge in [-0.3, -0.25) is 0 Å². The van der Waals surface area contributed by atoms with Crippen LogP contribution in [0.1, 0.15) is 12.7 Å². The third kappa shape index (κ3) is 2.64. The minimum absolute atomic E-state index is 0.101. The van der Waals surface area contributed by atoms with Gasteiger partial charge < -0.3 is 10.3 Å². The van der Waals surface area contributed by atoms with Crippen molar-refractivity contribution in [1.82, 2.24) is 5.16 Å². The number of nitrogens with zero attached hydrogens (tertiary/aromatic N) is 1. The molecule has 0 saturated heterocycles. The fraction of sp³-hybridized carbons (Fsp3) is 0.571. The minimum atomic E-state index is -4.21. The van der Waals surface area contributed by atoms with Crippen LogP contribution in [0.5, 0.6) is 0 Å². The summed E-state index contributed by atoms with van der Waals surface area (Å²) in [5.41, 5.74) is 5.18. The molecule has 2 N–H and O–H groups in total. The number of hydrogen-bond acceptors (Lipinski definition) is 3. The van der Waals surface area contributed by atoms with Crippen molar-refractivity contribution in [2.75, 3.05) is 5.73 Å². The number of anilines is 1. The van der Waals surface area contributed by atoms with Crippen LogP contribution in [-0.2, 0) is 6.42 Å². The van der Waals surface area contributed by atoms with Crippen LogP contribution in [0.3, 0.4) is 0 Å². The van der Waals surface area contributed by atoms with Crippen molar-refractivity contribution in [3.63, 3.8) is 0 Å². The maximum atomic E-state index is 12.0. The summed E-state index contributed by atoms with van der Waals surface area (Å²) in [6.07, 6.45) is -4.44. The second-order valence-electron chi connectivity index (χ2n) is 2.86. The highest BCUT2D eigenvalue weighted by atomic mass is 19.4. The summed E-state index contributed by atoms with van der Waals surface area (Å²) in [7, 11) is 0. The Kier molecular flexibility index (Phi) is 2.49. The number of aromatic nitrogens is 1. The number of alkyl halides is 3. The average Bonchev–Trinajstić information content (AvgIpc) is 2.33. The zero-order valence-corrected chi connectivity index (χ0v) is 6.93. The maximum absolute atomic E-state index is 12.0. The lowest BCUT2D eigenvalue weighted by Gasteiger charge is -2.12. The molecule has 0 spiro atoms. The van der Waals surface area contributed by atoms with E-state index in [0.717, 1.165) is 6.92 Å². The van der Waals surface area contributed by atoms with Gasteiger partial charge in [0.05, 0.1) is 5.92 Å².